The molecule has 2 aromatic rings. The fourth-order valence-corrected chi connectivity index (χ4v) is 2.45. The summed E-state index contributed by atoms with van der Waals surface area (Å²) < 4.78 is 1.60. The minimum absolute atomic E-state index is 0.115. The van der Waals surface area contributed by atoms with Gasteiger partial charge in [0.1, 0.15) is 11.5 Å². The number of hydrogen-bond acceptors (Lipinski definition) is 5. The first-order chi connectivity index (χ1) is 10.6. The number of anilines is 1. The lowest BCUT2D eigenvalue weighted by atomic mass is 10.2. The number of fused-ring (bicyclic) bond motifs is 1. The number of hydrogen-bond donors (Lipinski definition) is 3. The van der Waals surface area contributed by atoms with Crippen LogP contribution in [0, 0.1) is 0 Å². The summed E-state index contributed by atoms with van der Waals surface area (Å²) in [6, 6.07) is 1.71. The van der Waals surface area contributed by atoms with Gasteiger partial charge in [0.2, 0.25) is 0 Å². The Labute approximate surface area is 129 Å². The molecule has 1 aliphatic heterocycles. The molecule has 0 bridgehead atoms. The first-order valence-electron chi connectivity index (χ1n) is 6.75. The molecule has 0 spiro atoms. The topological polar surface area (TPSA) is 100 Å². The molecule has 9 heteroatoms. The second-order valence-electron chi connectivity index (χ2n) is 5.15. The highest BCUT2D eigenvalue weighted by atomic mass is 35.5. The maximum atomic E-state index is 11.6. The van der Waals surface area contributed by atoms with Crippen LogP contribution < -0.4 is 16.0 Å². The molecule has 0 unspecified atom stereocenters. The van der Waals surface area contributed by atoms with Crippen molar-refractivity contribution in [2.75, 3.05) is 5.32 Å². The van der Waals surface area contributed by atoms with Gasteiger partial charge in [-0.15, -0.1) is 0 Å². The molecule has 3 heterocycles. The van der Waals surface area contributed by atoms with Crippen molar-refractivity contribution < 1.29 is 9.59 Å². The summed E-state index contributed by atoms with van der Waals surface area (Å²) >= 11 is 6.17. The van der Waals surface area contributed by atoms with Crippen molar-refractivity contribution in [3.05, 3.63) is 28.7 Å². The van der Waals surface area contributed by atoms with Crippen LogP contribution in [-0.4, -0.2) is 32.6 Å². The predicted molar refractivity (Wildman–Crippen MR) is 79.3 cm³/mol. The second-order valence-corrected chi connectivity index (χ2v) is 5.51. The lowest BCUT2D eigenvalue weighted by molar-refractivity contribution is -0.115. The van der Waals surface area contributed by atoms with Crippen LogP contribution in [0.3, 0.4) is 0 Å². The minimum atomic E-state index is -0.562. The van der Waals surface area contributed by atoms with Gasteiger partial charge in [0.25, 0.3) is 5.91 Å². The van der Waals surface area contributed by atoms with E-state index < -0.39 is 11.9 Å². The lowest BCUT2D eigenvalue weighted by Gasteiger charge is -2.05. The van der Waals surface area contributed by atoms with Gasteiger partial charge >= 0.3 is 6.03 Å². The fraction of sp³-hybridized carbons (Fsp3) is 0.231. The summed E-state index contributed by atoms with van der Waals surface area (Å²) in [5.41, 5.74) is 1.11. The monoisotopic (exact) mass is 318 g/mol. The van der Waals surface area contributed by atoms with Crippen molar-refractivity contribution in [3.63, 3.8) is 0 Å². The van der Waals surface area contributed by atoms with Gasteiger partial charge in [0.05, 0.1) is 5.56 Å². The Bertz CT molecular complexity index is 838. The average molecular weight is 319 g/mol. The van der Waals surface area contributed by atoms with E-state index in [1.165, 1.54) is 6.08 Å². The molecule has 22 heavy (non-hydrogen) atoms. The molecular weight excluding hydrogens is 308 g/mol. The van der Waals surface area contributed by atoms with Crippen LogP contribution in [0.5, 0.6) is 0 Å². The molecule has 8 nitrogen and oxygen atoms in total. The smallest absolute Gasteiger partial charge is 0.326 e. The van der Waals surface area contributed by atoms with E-state index in [4.69, 9.17) is 11.6 Å². The second kappa shape index (κ2) is 4.70. The number of carbonyl (C=O) groups excluding carboxylic acids is 2. The number of halogens is 1. The van der Waals surface area contributed by atoms with Crippen LogP contribution in [0.4, 0.5) is 10.6 Å². The van der Waals surface area contributed by atoms with Crippen molar-refractivity contribution in [2.24, 2.45) is 0 Å². The van der Waals surface area contributed by atoms with E-state index >= 15 is 0 Å². The van der Waals surface area contributed by atoms with E-state index in [2.05, 4.69) is 26.0 Å². The summed E-state index contributed by atoms with van der Waals surface area (Å²) in [6.45, 7) is 0. The predicted octanol–water partition coefficient (Wildman–Crippen LogP) is 1.14. The lowest BCUT2D eigenvalue weighted by Crippen LogP contribution is -2.22. The summed E-state index contributed by atoms with van der Waals surface area (Å²) in [6.07, 6.45) is 5.37. The SMILES string of the molecule is O=C1NC(=O)C(=Cc2c(Cl)nn3c(NC4CC4)ccnc23)N1. The Hall–Kier alpha value is -2.61. The minimum Gasteiger partial charge on any atom is -0.367 e. The number of rotatable bonds is 3. The molecule has 1 aliphatic carbocycles. The van der Waals surface area contributed by atoms with Gasteiger partial charge in [-0.25, -0.2) is 9.78 Å². The quantitative estimate of drug-likeness (QED) is 0.582. The van der Waals surface area contributed by atoms with Crippen molar-refractivity contribution >= 4 is 41.1 Å². The molecule has 2 aliphatic rings. The Morgan fingerprint density at radius 3 is 2.86 bits per heavy atom. The van der Waals surface area contributed by atoms with E-state index in [-0.39, 0.29) is 10.9 Å². The maximum absolute atomic E-state index is 11.6. The summed E-state index contributed by atoms with van der Waals surface area (Å²) in [4.78, 5) is 27.0. The number of imide groups is 1. The Balaban J connectivity index is 1.81. The van der Waals surface area contributed by atoms with Crippen molar-refractivity contribution in [2.45, 2.75) is 18.9 Å². The molecular formula is C13H11ClN6O2. The Kier molecular flexibility index (Phi) is 2.80. The van der Waals surface area contributed by atoms with Gasteiger partial charge < -0.3 is 10.6 Å². The van der Waals surface area contributed by atoms with Crippen molar-refractivity contribution in [1.29, 1.82) is 0 Å². The number of amides is 3. The Morgan fingerprint density at radius 2 is 2.18 bits per heavy atom. The zero-order valence-electron chi connectivity index (χ0n) is 11.3. The van der Waals surface area contributed by atoms with E-state index in [0.29, 0.717) is 17.3 Å². The van der Waals surface area contributed by atoms with Crippen LogP contribution in [0.1, 0.15) is 18.4 Å². The van der Waals surface area contributed by atoms with Gasteiger partial charge in [0.15, 0.2) is 10.8 Å². The molecule has 4 rings (SSSR count). The van der Waals surface area contributed by atoms with Gasteiger partial charge in [-0.3, -0.25) is 10.1 Å². The van der Waals surface area contributed by atoms with Gasteiger partial charge in [0, 0.05) is 12.2 Å². The van der Waals surface area contributed by atoms with E-state index in [0.717, 1.165) is 18.7 Å². The van der Waals surface area contributed by atoms with Crippen molar-refractivity contribution in [1.82, 2.24) is 25.2 Å². The third kappa shape index (κ3) is 2.17. The van der Waals surface area contributed by atoms with Gasteiger partial charge in [-0.1, -0.05) is 11.6 Å². The normalized spacial score (nSPS) is 19.6. The largest absolute Gasteiger partial charge is 0.367 e. The number of nitrogens with zero attached hydrogens (tertiary/aromatic N) is 3. The summed E-state index contributed by atoms with van der Waals surface area (Å²) in [5, 5.41) is 12.3. The molecule has 2 aromatic heterocycles. The van der Waals surface area contributed by atoms with Crippen LogP contribution in [-0.2, 0) is 4.79 Å². The van der Waals surface area contributed by atoms with Crippen LogP contribution in [0.15, 0.2) is 18.0 Å². The highest BCUT2D eigenvalue weighted by Gasteiger charge is 2.25. The maximum Gasteiger partial charge on any atom is 0.326 e. The van der Waals surface area contributed by atoms with E-state index in [9.17, 15) is 9.59 Å². The fourth-order valence-electron chi connectivity index (χ4n) is 2.23. The van der Waals surface area contributed by atoms with Gasteiger partial charge in [-0.2, -0.15) is 9.61 Å². The molecule has 0 atom stereocenters. The first-order valence-corrected chi connectivity index (χ1v) is 7.13. The standard InChI is InChI=1S/C13H11ClN6O2/c14-10-7(5-8-12(21)18-13(22)17-8)11-15-4-3-9(20(11)19-10)16-6-1-2-6/h3-6,16H,1-2H2,(H2,17,18,21,22). The average Bonchev–Trinajstić information content (AvgIpc) is 3.15. The van der Waals surface area contributed by atoms with Crippen molar-refractivity contribution in [3.8, 4) is 0 Å². The summed E-state index contributed by atoms with van der Waals surface area (Å²) in [5.74, 6) is 0.284. The molecule has 112 valence electrons. The highest BCUT2D eigenvalue weighted by molar-refractivity contribution is 6.31. The molecule has 0 radical (unpaired) electrons. The zero-order chi connectivity index (χ0) is 15.3. The molecule has 0 aromatic carbocycles. The molecule has 1 saturated heterocycles. The van der Waals surface area contributed by atoms with E-state index in [1.54, 1.807) is 10.7 Å². The molecule has 2 fully saturated rings. The van der Waals surface area contributed by atoms with Crippen LogP contribution in [0.25, 0.3) is 11.7 Å². The zero-order valence-corrected chi connectivity index (χ0v) is 12.0. The van der Waals surface area contributed by atoms with Crippen LogP contribution >= 0.6 is 11.6 Å². The number of urea groups is 1. The third-order valence-electron chi connectivity index (χ3n) is 3.45. The number of nitrogens with one attached hydrogen (secondary N) is 3. The molecule has 3 N–H and O–H groups in total. The first kappa shape index (κ1) is 13.1. The summed E-state index contributed by atoms with van der Waals surface area (Å²) in [7, 11) is 0. The molecule has 1 saturated carbocycles. The van der Waals surface area contributed by atoms with E-state index in [1.807, 2.05) is 6.07 Å². The van der Waals surface area contributed by atoms with Gasteiger partial charge in [-0.05, 0) is 25.0 Å². The molecule has 3 amide bonds. The van der Waals surface area contributed by atoms with Crippen LogP contribution in [0.2, 0.25) is 5.15 Å². The highest BCUT2D eigenvalue weighted by Crippen LogP contribution is 2.28. The third-order valence-corrected chi connectivity index (χ3v) is 3.73. The number of aromatic nitrogens is 3. The number of carbonyl (C=O) groups is 2. The Morgan fingerprint density at radius 1 is 1.36 bits per heavy atom.